The molecule has 0 saturated heterocycles. The minimum absolute atomic E-state index is 0.140. The summed E-state index contributed by atoms with van der Waals surface area (Å²) < 4.78 is 26.5. The van der Waals surface area contributed by atoms with Crippen LogP contribution in [0.15, 0.2) is 48.5 Å². The van der Waals surface area contributed by atoms with Gasteiger partial charge in [-0.15, -0.1) is 0 Å². The molecule has 2 rings (SSSR count). The largest absolute Gasteiger partial charge is 0.387 e. The molecule has 0 bridgehead atoms. The highest BCUT2D eigenvalue weighted by molar-refractivity contribution is 7.92. The first-order chi connectivity index (χ1) is 13.3. The van der Waals surface area contributed by atoms with Gasteiger partial charge in [0.15, 0.2) is 0 Å². The number of hydrogen-bond acceptors (Lipinski definition) is 4. The zero-order valence-electron chi connectivity index (χ0n) is 16.4. The van der Waals surface area contributed by atoms with E-state index in [0.717, 1.165) is 24.0 Å². The average molecular weight is 425 g/mol. The number of nitrogens with one attached hydrogen (secondary N) is 2. The Balaban J connectivity index is 1.83. The summed E-state index contributed by atoms with van der Waals surface area (Å²) in [6, 6.07) is 14.8. The lowest BCUT2D eigenvalue weighted by molar-refractivity contribution is 0.170. The number of aliphatic hydroxyl groups is 1. The highest BCUT2D eigenvalue weighted by atomic mass is 35.5. The van der Waals surface area contributed by atoms with E-state index in [9.17, 15) is 13.5 Å². The van der Waals surface area contributed by atoms with Crippen molar-refractivity contribution in [1.29, 1.82) is 0 Å². The van der Waals surface area contributed by atoms with E-state index < -0.39 is 16.1 Å². The van der Waals surface area contributed by atoms with Gasteiger partial charge in [0.1, 0.15) is 0 Å². The quantitative estimate of drug-likeness (QED) is 0.506. The van der Waals surface area contributed by atoms with E-state index in [1.807, 2.05) is 38.1 Å². The number of anilines is 1. The molecule has 0 radical (unpaired) electrons. The van der Waals surface area contributed by atoms with E-state index in [2.05, 4.69) is 10.0 Å². The monoisotopic (exact) mass is 424 g/mol. The van der Waals surface area contributed by atoms with Crippen molar-refractivity contribution >= 4 is 27.3 Å². The van der Waals surface area contributed by atoms with Gasteiger partial charge >= 0.3 is 0 Å². The minimum atomic E-state index is -3.28. The van der Waals surface area contributed by atoms with E-state index in [0.29, 0.717) is 23.7 Å². The summed E-state index contributed by atoms with van der Waals surface area (Å²) in [6.07, 6.45) is 1.64. The van der Waals surface area contributed by atoms with Crippen molar-refractivity contribution in [1.82, 2.24) is 5.32 Å². The molecule has 0 aliphatic heterocycles. The van der Waals surface area contributed by atoms with E-state index in [4.69, 9.17) is 11.6 Å². The first kappa shape index (κ1) is 22.7. The fraction of sp³-hybridized carbons (Fsp3) is 0.429. The zero-order chi connectivity index (χ0) is 20.6. The second-order valence-corrected chi connectivity index (χ2v) is 9.33. The summed E-state index contributed by atoms with van der Waals surface area (Å²) in [5.41, 5.74) is 2.46. The molecule has 3 N–H and O–H groups in total. The Morgan fingerprint density at radius 2 is 1.86 bits per heavy atom. The maximum Gasteiger partial charge on any atom is 0.232 e. The average Bonchev–Trinajstić information content (AvgIpc) is 2.66. The van der Waals surface area contributed by atoms with Crippen LogP contribution in [0.5, 0.6) is 0 Å². The van der Waals surface area contributed by atoms with Crippen LogP contribution >= 0.6 is 11.6 Å². The molecule has 28 heavy (non-hydrogen) atoms. The van der Waals surface area contributed by atoms with Crippen molar-refractivity contribution in [2.24, 2.45) is 0 Å². The van der Waals surface area contributed by atoms with Crippen LogP contribution in [0.25, 0.3) is 0 Å². The van der Waals surface area contributed by atoms with E-state index in [1.165, 1.54) is 0 Å². The van der Waals surface area contributed by atoms with Crippen LogP contribution in [0.4, 0.5) is 5.69 Å². The van der Waals surface area contributed by atoms with Crippen molar-refractivity contribution in [3.8, 4) is 0 Å². The van der Waals surface area contributed by atoms with E-state index in [-0.39, 0.29) is 11.8 Å². The SMILES string of the molecule is CCCCS(=O)(=O)Nc1ccc(CC(C)NCC(O)c2cccc(Cl)c2)cc1. The highest BCUT2D eigenvalue weighted by Gasteiger charge is 2.12. The molecule has 0 heterocycles. The third-order valence-electron chi connectivity index (χ3n) is 4.43. The smallest absolute Gasteiger partial charge is 0.232 e. The number of halogens is 1. The molecule has 154 valence electrons. The molecule has 0 amide bonds. The zero-order valence-corrected chi connectivity index (χ0v) is 17.9. The van der Waals surface area contributed by atoms with Crippen molar-refractivity contribution in [2.75, 3.05) is 17.0 Å². The van der Waals surface area contributed by atoms with Gasteiger partial charge in [-0.05, 0) is 55.2 Å². The van der Waals surface area contributed by atoms with Gasteiger partial charge in [0.2, 0.25) is 10.0 Å². The van der Waals surface area contributed by atoms with Gasteiger partial charge in [0, 0.05) is 23.3 Å². The summed E-state index contributed by atoms with van der Waals surface area (Å²) in [7, 11) is -3.28. The molecule has 2 unspecified atom stereocenters. The van der Waals surface area contributed by atoms with Gasteiger partial charge in [0.25, 0.3) is 0 Å². The molecule has 0 aliphatic rings. The first-order valence-electron chi connectivity index (χ1n) is 9.55. The van der Waals surface area contributed by atoms with E-state index in [1.54, 1.807) is 24.3 Å². The summed E-state index contributed by atoms with van der Waals surface area (Å²) in [6.45, 7) is 4.44. The van der Waals surface area contributed by atoms with Crippen LogP contribution in [0.1, 0.15) is 43.9 Å². The molecule has 0 spiro atoms. The lowest BCUT2D eigenvalue weighted by Gasteiger charge is -2.18. The Morgan fingerprint density at radius 1 is 1.14 bits per heavy atom. The predicted molar refractivity (Wildman–Crippen MR) is 116 cm³/mol. The van der Waals surface area contributed by atoms with Gasteiger partial charge in [-0.1, -0.05) is 49.2 Å². The van der Waals surface area contributed by atoms with Crippen LogP contribution in [-0.2, 0) is 16.4 Å². The van der Waals surface area contributed by atoms with Crippen molar-refractivity contribution in [3.05, 3.63) is 64.7 Å². The van der Waals surface area contributed by atoms with Crippen molar-refractivity contribution in [2.45, 2.75) is 45.3 Å². The van der Waals surface area contributed by atoms with Crippen LogP contribution in [0.3, 0.4) is 0 Å². The predicted octanol–water partition coefficient (Wildman–Crippen LogP) is 4.14. The third-order valence-corrected chi connectivity index (χ3v) is 6.04. The number of unbranched alkanes of at least 4 members (excludes halogenated alkanes) is 1. The van der Waals surface area contributed by atoms with Gasteiger partial charge in [-0.2, -0.15) is 0 Å². The van der Waals surface area contributed by atoms with Crippen LogP contribution < -0.4 is 10.0 Å². The molecular formula is C21H29ClN2O3S. The summed E-state index contributed by atoms with van der Waals surface area (Å²) in [4.78, 5) is 0. The second-order valence-electron chi connectivity index (χ2n) is 7.06. The standard InChI is InChI=1S/C21H29ClN2O3S/c1-3-4-12-28(26,27)24-20-10-8-17(9-11-20)13-16(2)23-15-21(25)18-6-5-7-19(22)14-18/h5-11,14,16,21,23-25H,3-4,12-13,15H2,1-2H3. The summed E-state index contributed by atoms with van der Waals surface area (Å²) >= 11 is 5.96. The topological polar surface area (TPSA) is 78.4 Å². The lowest BCUT2D eigenvalue weighted by Crippen LogP contribution is -2.32. The molecule has 5 nitrogen and oxygen atoms in total. The van der Waals surface area contributed by atoms with Crippen molar-refractivity contribution < 1.29 is 13.5 Å². The fourth-order valence-corrected chi connectivity index (χ4v) is 4.31. The summed E-state index contributed by atoms with van der Waals surface area (Å²) in [5.74, 6) is 0.140. The highest BCUT2D eigenvalue weighted by Crippen LogP contribution is 2.18. The van der Waals surface area contributed by atoms with E-state index >= 15 is 0 Å². The number of aliphatic hydroxyl groups excluding tert-OH is 1. The van der Waals surface area contributed by atoms with Crippen LogP contribution in [0.2, 0.25) is 5.02 Å². The second kappa shape index (κ2) is 10.8. The maximum atomic E-state index is 12.0. The van der Waals surface area contributed by atoms with Gasteiger partial charge in [0.05, 0.1) is 11.9 Å². The molecule has 0 aliphatic carbocycles. The number of hydrogen-bond donors (Lipinski definition) is 3. The van der Waals surface area contributed by atoms with Crippen LogP contribution in [-0.4, -0.2) is 31.9 Å². The number of sulfonamides is 1. The Labute approximate surface area is 173 Å². The molecule has 2 aromatic rings. The molecule has 0 fully saturated rings. The Hall–Kier alpha value is -1.60. The minimum Gasteiger partial charge on any atom is -0.387 e. The Morgan fingerprint density at radius 3 is 2.50 bits per heavy atom. The van der Waals surface area contributed by atoms with Crippen LogP contribution in [0, 0.1) is 0 Å². The lowest BCUT2D eigenvalue weighted by atomic mass is 10.1. The first-order valence-corrected chi connectivity index (χ1v) is 11.6. The Kier molecular flexibility index (Phi) is 8.76. The molecule has 2 aromatic carbocycles. The Bertz CT molecular complexity index is 841. The number of rotatable bonds is 11. The molecule has 7 heteroatoms. The maximum absolute atomic E-state index is 12.0. The molecule has 0 saturated carbocycles. The molecular weight excluding hydrogens is 396 g/mol. The molecule has 0 aromatic heterocycles. The third kappa shape index (κ3) is 7.80. The summed E-state index contributed by atoms with van der Waals surface area (Å²) in [5, 5.41) is 14.2. The van der Waals surface area contributed by atoms with Gasteiger partial charge in [-0.25, -0.2) is 8.42 Å². The van der Waals surface area contributed by atoms with Crippen molar-refractivity contribution in [3.63, 3.8) is 0 Å². The fourth-order valence-electron chi connectivity index (χ4n) is 2.84. The molecule has 2 atom stereocenters. The number of benzene rings is 2. The normalized spacial score (nSPS) is 13.9. The van der Waals surface area contributed by atoms with Gasteiger partial charge in [-0.3, -0.25) is 4.72 Å². The van der Waals surface area contributed by atoms with Gasteiger partial charge < -0.3 is 10.4 Å².